The van der Waals surface area contributed by atoms with Crippen LogP contribution in [0.15, 0.2) is 53.4 Å². The maximum atomic E-state index is 13.7. The fourth-order valence-electron chi connectivity index (χ4n) is 2.92. The Hall–Kier alpha value is -1.83. The Balaban J connectivity index is 1.65. The molecule has 0 bridgehead atoms. The van der Waals surface area contributed by atoms with Gasteiger partial charge in [0.1, 0.15) is 6.54 Å². The van der Waals surface area contributed by atoms with Crippen molar-refractivity contribution in [1.29, 1.82) is 0 Å². The van der Waals surface area contributed by atoms with Crippen LogP contribution in [0.5, 0.6) is 0 Å². The highest BCUT2D eigenvalue weighted by atomic mass is 32.2. The first-order valence-electron chi connectivity index (χ1n) is 7.80. The third kappa shape index (κ3) is 3.48. The van der Waals surface area contributed by atoms with Crippen LogP contribution in [-0.2, 0) is 16.6 Å². The smallest absolute Gasteiger partial charge is 0.243 e. The van der Waals surface area contributed by atoms with E-state index in [1.807, 2.05) is 0 Å². The third-order valence-corrected chi connectivity index (χ3v) is 6.20. The zero-order valence-corrected chi connectivity index (χ0v) is 13.9. The summed E-state index contributed by atoms with van der Waals surface area (Å²) >= 11 is 0. The van der Waals surface area contributed by atoms with Crippen molar-refractivity contribution in [2.75, 3.05) is 26.2 Å². The van der Waals surface area contributed by atoms with Gasteiger partial charge in [0.25, 0.3) is 0 Å². The fourth-order valence-corrected chi connectivity index (χ4v) is 4.38. The molecule has 7 heteroatoms. The van der Waals surface area contributed by atoms with E-state index in [0.29, 0.717) is 38.3 Å². The Labute approximate surface area is 140 Å². The van der Waals surface area contributed by atoms with E-state index in [4.69, 9.17) is 0 Å². The quantitative estimate of drug-likeness (QED) is 0.893. The summed E-state index contributed by atoms with van der Waals surface area (Å²) in [4.78, 5) is 1.32. The lowest BCUT2D eigenvalue weighted by molar-refractivity contribution is -0.917. The van der Waals surface area contributed by atoms with Crippen molar-refractivity contribution in [2.45, 2.75) is 11.4 Å². The summed E-state index contributed by atoms with van der Waals surface area (Å²) in [5.74, 6) is -1.67. The first kappa shape index (κ1) is 17.0. The van der Waals surface area contributed by atoms with E-state index in [9.17, 15) is 17.2 Å². The minimum absolute atomic E-state index is 0.282. The average molecular weight is 353 g/mol. The van der Waals surface area contributed by atoms with Crippen molar-refractivity contribution in [1.82, 2.24) is 4.31 Å². The number of nitrogens with zero attached hydrogens (tertiary/aromatic N) is 1. The Kier molecular flexibility index (Phi) is 4.93. The largest absolute Gasteiger partial charge is 0.329 e. The van der Waals surface area contributed by atoms with Crippen LogP contribution in [0.25, 0.3) is 0 Å². The number of quaternary nitrogens is 1. The molecular formula is C17H19F2N2O2S+. The van der Waals surface area contributed by atoms with Gasteiger partial charge < -0.3 is 4.90 Å². The highest BCUT2D eigenvalue weighted by Crippen LogP contribution is 2.15. The monoisotopic (exact) mass is 353 g/mol. The third-order valence-electron chi connectivity index (χ3n) is 4.28. The zero-order valence-electron chi connectivity index (χ0n) is 13.1. The molecule has 0 radical (unpaired) electrons. The summed E-state index contributed by atoms with van der Waals surface area (Å²) in [6, 6.07) is 12.5. The molecule has 0 amide bonds. The van der Waals surface area contributed by atoms with Crippen LogP contribution in [0.2, 0.25) is 0 Å². The fraction of sp³-hybridized carbons (Fsp3) is 0.294. The van der Waals surface area contributed by atoms with Crippen molar-refractivity contribution in [2.24, 2.45) is 0 Å². The summed E-state index contributed by atoms with van der Waals surface area (Å²) in [6.07, 6.45) is 0. The zero-order chi connectivity index (χ0) is 17.2. The first-order valence-corrected chi connectivity index (χ1v) is 9.24. The lowest BCUT2D eigenvalue weighted by atomic mass is 10.2. The van der Waals surface area contributed by atoms with Crippen molar-refractivity contribution in [3.8, 4) is 0 Å². The van der Waals surface area contributed by atoms with Gasteiger partial charge in [0.15, 0.2) is 11.6 Å². The number of piperazine rings is 1. The van der Waals surface area contributed by atoms with Gasteiger partial charge in [0.05, 0.1) is 31.1 Å². The average Bonchev–Trinajstić information content (AvgIpc) is 2.60. The van der Waals surface area contributed by atoms with Gasteiger partial charge in [-0.25, -0.2) is 17.2 Å². The molecule has 1 heterocycles. The van der Waals surface area contributed by atoms with E-state index in [1.54, 1.807) is 36.4 Å². The molecule has 2 aromatic carbocycles. The molecule has 1 fully saturated rings. The number of rotatable bonds is 4. The number of halogens is 2. The minimum Gasteiger partial charge on any atom is -0.329 e. The van der Waals surface area contributed by atoms with Gasteiger partial charge in [-0.1, -0.05) is 30.3 Å². The van der Waals surface area contributed by atoms with E-state index in [2.05, 4.69) is 0 Å². The summed E-state index contributed by atoms with van der Waals surface area (Å²) in [6.45, 7) is 2.19. The van der Waals surface area contributed by atoms with E-state index in [0.717, 1.165) is 11.0 Å². The molecule has 24 heavy (non-hydrogen) atoms. The summed E-state index contributed by atoms with van der Waals surface area (Å²) < 4.78 is 53.6. The molecule has 0 saturated carbocycles. The molecule has 1 saturated heterocycles. The normalized spacial score (nSPS) is 17.1. The Bertz CT molecular complexity index is 805. The predicted molar refractivity (Wildman–Crippen MR) is 86.0 cm³/mol. The van der Waals surface area contributed by atoms with E-state index in [-0.39, 0.29) is 4.90 Å². The van der Waals surface area contributed by atoms with Crippen LogP contribution < -0.4 is 4.90 Å². The second-order valence-corrected chi connectivity index (χ2v) is 7.79. The van der Waals surface area contributed by atoms with Gasteiger partial charge in [-0.15, -0.1) is 0 Å². The Morgan fingerprint density at radius 1 is 0.958 bits per heavy atom. The number of hydrogen-bond donors (Lipinski definition) is 1. The SMILES string of the molecule is O=S(=O)(c1ccccc1)N1CC[NH+](Cc2cccc(F)c2F)CC1. The number of sulfonamides is 1. The predicted octanol–water partition coefficient (Wildman–Crippen LogP) is 1.05. The van der Waals surface area contributed by atoms with Crippen molar-refractivity contribution < 1.29 is 22.1 Å². The van der Waals surface area contributed by atoms with Gasteiger partial charge in [0.2, 0.25) is 10.0 Å². The summed E-state index contributed by atoms with van der Waals surface area (Å²) in [5.41, 5.74) is 0.323. The molecule has 1 aliphatic rings. The maximum absolute atomic E-state index is 13.7. The molecule has 1 aliphatic heterocycles. The molecule has 1 N–H and O–H groups in total. The maximum Gasteiger partial charge on any atom is 0.243 e. The number of hydrogen-bond acceptors (Lipinski definition) is 2. The van der Waals surface area contributed by atoms with E-state index in [1.165, 1.54) is 10.4 Å². The van der Waals surface area contributed by atoms with E-state index < -0.39 is 21.7 Å². The van der Waals surface area contributed by atoms with Gasteiger partial charge in [-0.2, -0.15) is 4.31 Å². The van der Waals surface area contributed by atoms with Crippen LogP contribution in [0, 0.1) is 11.6 Å². The van der Waals surface area contributed by atoms with Crippen LogP contribution in [-0.4, -0.2) is 38.9 Å². The lowest BCUT2D eigenvalue weighted by Crippen LogP contribution is -3.13. The molecule has 128 valence electrons. The molecular weight excluding hydrogens is 334 g/mol. The van der Waals surface area contributed by atoms with Crippen molar-refractivity contribution in [3.05, 3.63) is 65.7 Å². The molecule has 0 atom stereocenters. The van der Waals surface area contributed by atoms with Crippen molar-refractivity contribution in [3.63, 3.8) is 0 Å². The Morgan fingerprint density at radius 3 is 2.29 bits per heavy atom. The van der Waals surface area contributed by atoms with Gasteiger partial charge >= 0.3 is 0 Å². The molecule has 0 unspecified atom stereocenters. The lowest BCUT2D eigenvalue weighted by Gasteiger charge is -2.31. The second-order valence-electron chi connectivity index (χ2n) is 5.86. The molecule has 4 nitrogen and oxygen atoms in total. The topological polar surface area (TPSA) is 41.8 Å². The molecule has 3 rings (SSSR count). The Morgan fingerprint density at radius 2 is 1.62 bits per heavy atom. The standard InChI is InChI=1S/C17H18F2N2O2S/c18-16-8-4-5-14(17(16)19)13-20-9-11-21(12-10-20)24(22,23)15-6-2-1-3-7-15/h1-8H,9-13H2/p+1. The summed E-state index contributed by atoms with van der Waals surface area (Å²) in [7, 11) is -3.49. The molecule has 0 aliphatic carbocycles. The van der Waals surface area contributed by atoms with Gasteiger partial charge in [-0.3, -0.25) is 0 Å². The first-order chi connectivity index (χ1) is 11.5. The van der Waals surface area contributed by atoms with E-state index >= 15 is 0 Å². The molecule has 2 aromatic rings. The van der Waals surface area contributed by atoms with Crippen LogP contribution >= 0.6 is 0 Å². The van der Waals surface area contributed by atoms with Crippen LogP contribution in [0.3, 0.4) is 0 Å². The second kappa shape index (κ2) is 6.96. The van der Waals surface area contributed by atoms with Crippen LogP contribution in [0.1, 0.15) is 5.56 Å². The summed E-state index contributed by atoms with van der Waals surface area (Å²) in [5, 5.41) is 0. The van der Waals surface area contributed by atoms with Crippen molar-refractivity contribution >= 4 is 10.0 Å². The highest BCUT2D eigenvalue weighted by molar-refractivity contribution is 7.89. The highest BCUT2D eigenvalue weighted by Gasteiger charge is 2.30. The van der Waals surface area contributed by atoms with Gasteiger partial charge in [0, 0.05) is 5.56 Å². The van der Waals surface area contributed by atoms with Crippen LogP contribution in [0.4, 0.5) is 8.78 Å². The minimum atomic E-state index is -3.49. The molecule has 0 aromatic heterocycles. The molecule has 0 spiro atoms. The van der Waals surface area contributed by atoms with Gasteiger partial charge in [-0.05, 0) is 18.2 Å². The number of benzene rings is 2. The number of nitrogens with one attached hydrogen (secondary N) is 1.